The van der Waals surface area contributed by atoms with Crippen molar-refractivity contribution in [2.24, 2.45) is 0 Å². The van der Waals surface area contributed by atoms with Crippen LogP contribution in [0.4, 0.5) is 0 Å². The van der Waals surface area contributed by atoms with Gasteiger partial charge in [0.15, 0.2) is 0 Å². The van der Waals surface area contributed by atoms with E-state index in [1.54, 1.807) is 0 Å². The molecule has 0 bridgehead atoms. The van der Waals surface area contributed by atoms with Gasteiger partial charge in [0.1, 0.15) is 0 Å². The minimum atomic E-state index is -0.542. The average molecular weight is 249 g/mol. The van der Waals surface area contributed by atoms with E-state index in [0.29, 0.717) is 26.4 Å². The number of aliphatic hydroxyl groups is 2. The van der Waals surface area contributed by atoms with Crippen LogP contribution in [0.15, 0.2) is 0 Å². The highest BCUT2D eigenvalue weighted by molar-refractivity contribution is 4.63. The third kappa shape index (κ3) is 12.1. The molecule has 0 rings (SSSR count). The Hall–Kier alpha value is -0.200. The van der Waals surface area contributed by atoms with E-state index in [0.717, 1.165) is 19.4 Å². The molecule has 104 valence electrons. The summed E-state index contributed by atoms with van der Waals surface area (Å²) in [5.74, 6) is 0. The largest absolute Gasteiger partial charge is 0.395 e. The van der Waals surface area contributed by atoms with E-state index < -0.39 is 6.10 Å². The van der Waals surface area contributed by atoms with Gasteiger partial charge in [-0.2, -0.15) is 0 Å². The maximum atomic E-state index is 9.52. The molecule has 0 saturated heterocycles. The van der Waals surface area contributed by atoms with Crippen molar-refractivity contribution in [2.45, 2.75) is 38.8 Å². The molecule has 2 atom stereocenters. The summed E-state index contributed by atoms with van der Waals surface area (Å²) < 4.78 is 10.6. The third-order valence-corrected chi connectivity index (χ3v) is 2.30. The third-order valence-electron chi connectivity index (χ3n) is 2.30. The Bertz CT molecular complexity index is 157. The first-order valence-corrected chi connectivity index (χ1v) is 6.38. The van der Waals surface area contributed by atoms with E-state index in [1.807, 2.05) is 6.92 Å². The quantitative estimate of drug-likeness (QED) is 0.430. The molecule has 0 aliphatic heterocycles. The van der Waals surface area contributed by atoms with Crippen molar-refractivity contribution < 1.29 is 19.7 Å². The van der Waals surface area contributed by atoms with Crippen LogP contribution in [0.3, 0.4) is 0 Å². The molecule has 2 unspecified atom stereocenters. The van der Waals surface area contributed by atoms with E-state index in [4.69, 9.17) is 14.6 Å². The van der Waals surface area contributed by atoms with Crippen LogP contribution in [0.2, 0.25) is 0 Å². The average Bonchev–Trinajstić information content (AvgIpc) is 2.34. The molecule has 5 nitrogen and oxygen atoms in total. The number of hydrogen-bond donors (Lipinski definition) is 3. The van der Waals surface area contributed by atoms with Crippen molar-refractivity contribution in [1.29, 1.82) is 0 Å². The van der Waals surface area contributed by atoms with Gasteiger partial charge >= 0.3 is 0 Å². The minimum Gasteiger partial charge on any atom is -0.395 e. The van der Waals surface area contributed by atoms with Gasteiger partial charge in [-0.15, -0.1) is 0 Å². The van der Waals surface area contributed by atoms with Crippen LogP contribution in [0.1, 0.15) is 26.7 Å². The van der Waals surface area contributed by atoms with Gasteiger partial charge in [-0.05, 0) is 13.3 Å². The van der Waals surface area contributed by atoms with Crippen LogP contribution in [0.5, 0.6) is 0 Å². The molecule has 0 aliphatic rings. The van der Waals surface area contributed by atoms with Gasteiger partial charge < -0.3 is 25.0 Å². The van der Waals surface area contributed by atoms with Crippen LogP contribution < -0.4 is 5.32 Å². The number of unbranched alkanes of at least 4 members (excludes halogenated alkanes) is 1. The topological polar surface area (TPSA) is 71.0 Å². The monoisotopic (exact) mass is 249 g/mol. The Kier molecular flexibility index (Phi) is 12.1. The van der Waals surface area contributed by atoms with E-state index in [9.17, 15) is 5.11 Å². The molecule has 0 spiro atoms. The zero-order chi connectivity index (χ0) is 12.9. The lowest BCUT2D eigenvalue weighted by atomic mass is 10.3. The zero-order valence-corrected chi connectivity index (χ0v) is 11.0. The molecule has 0 amide bonds. The summed E-state index contributed by atoms with van der Waals surface area (Å²) in [6.45, 7) is 6.63. The van der Waals surface area contributed by atoms with Gasteiger partial charge in [0.05, 0.1) is 32.5 Å². The summed E-state index contributed by atoms with van der Waals surface area (Å²) in [5, 5.41) is 21.3. The Morgan fingerprint density at radius 3 is 2.53 bits per heavy atom. The number of aliphatic hydroxyl groups excluding tert-OH is 2. The van der Waals surface area contributed by atoms with E-state index in [2.05, 4.69) is 12.2 Å². The number of hydrogen-bond acceptors (Lipinski definition) is 5. The smallest absolute Gasteiger partial charge is 0.0897 e. The number of nitrogens with one attached hydrogen (secondary N) is 1. The van der Waals surface area contributed by atoms with Crippen molar-refractivity contribution in [3.05, 3.63) is 0 Å². The van der Waals surface area contributed by atoms with Crippen molar-refractivity contribution in [3.8, 4) is 0 Å². The molecular formula is C12H27NO4. The maximum absolute atomic E-state index is 9.52. The highest BCUT2D eigenvalue weighted by Gasteiger charge is 2.06. The summed E-state index contributed by atoms with van der Waals surface area (Å²) in [6.07, 6.45) is 1.67. The van der Waals surface area contributed by atoms with Crippen LogP contribution in [-0.4, -0.2) is 61.9 Å². The predicted octanol–water partition coefficient (Wildman–Crippen LogP) is 0.151. The lowest BCUT2D eigenvalue weighted by Gasteiger charge is -2.15. The lowest BCUT2D eigenvalue weighted by Crippen LogP contribution is -2.37. The Morgan fingerprint density at radius 1 is 1.18 bits per heavy atom. The van der Waals surface area contributed by atoms with Crippen LogP contribution >= 0.6 is 0 Å². The van der Waals surface area contributed by atoms with Crippen LogP contribution in [0.25, 0.3) is 0 Å². The SMILES string of the molecule is CCCCOCCOCC(O)CNC(C)CO. The molecule has 17 heavy (non-hydrogen) atoms. The Balaban J connectivity index is 3.19. The summed E-state index contributed by atoms with van der Waals surface area (Å²) >= 11 is 0. The van der Waals surface area contributed by atoms with Gasteiger partial charge in [0, 0.05) is 19.2 Å². The highest BCUT2D eigenvalue weighted by Crippen LogP contribution is 1.89. The van der Waals surface area contributed by atoms with Gasteiger partial charge in [-0.1, -0.05) is 13.3 Å². The first-order chi connectivity index (χ1) is 8.20. The van der Waals surface area contributed by atoms with Crippen LogP contribution in [-0.2, 0) is 9.47 Å². The second-order valence-electron chi connectivity index (χ2n) is 4.19. The fourth-order valence-corrected chi connectivity index (χ4v) is 1.15. The van der Waals surface area contributed by atoms with Crippen molar-refractivity contribution in [1.82, 2.24) is 5.32 Å². The molecule has 3 N–H and O–H groups in total. The van der Waals surface area contributed by atoms with E-state index >= 15 is 0 Å². The maximum Gasteiger partial charge on any atom is 0.0897 e. The fraction of sp³-hybridized carbons (Fsp3) is 1.00. The molecular weight excluding hydrogens is 222 g/mol. The van der Waals surface area contributed by atoms with E-state index in [-0.39, 0.29) is 12.6 Å². The van der Waals surface area contributed by atoms with Gasteiger partial charge in [-0.25, -0.2) is 0 Å². The van der Waals surface area contributed by atoms with E-state index in [1.165, 1.54) is 0 Å². The first kappa shape index (κ1) is 16.8. The molecule has 0 aromatic rings. The predicted molar refractivity (Wildman–Crippen MR) is 67.1 cm³/mol. The molecule has 0 aliphatic carbocycles. The highest BCUT2D eigenvalue weighted by atomic mass is 16.5. The lowest BCUT2D eigenvalue weighted by molar-refractivity contribution is 0.00288. The molecule has 5 heteroatoms. The fourth-order valence-electron chi connectivity index (χ4n) is 1.15. The summed E-state index contributed by atoms with van der Waals surface area (Å²) in [5.41, 5.74) is 0. The molecule has 0 fully saturated rings. The summed E-state index contributed by atoms with van der Waals surface area (Å²) in [7, 11) is 0. The summed E-state index contributed by atoms with van der Waals surface area (Å²) in [4.78, 5) is 0. The first-order valence-electron chi connectivity index (χ1n) is 6.38. The van der Waals surface area contributed by atoms with Gasteiger partial charge in [-0.3, -0.25) is 0 Å². The molecule has 0 aromatic carbocycles. The Labute approximate surface area is 104 Å². The molecule has 0 heterocycles. The molecule has 0 saturated carbocycles. The normalized spacial score (nSPS) is 14.8. The van der Waals surface area contributed by atoms with Crippen molar-refractivity contribution in [2.75, 3.05) is 39.6 Å². The van der Waals surface area contributed by atoms with Gasteiger partial charge in [0.25, 0.3) is 0 Å². The van der Waals surface area contributed by atoms with Gasteiger partial charge in [0.2, 0.25) is 0 Å². The molecule has 0 radical (unpaired) electrons. The van der Waals surface area contributed by atoms with Crippen molar-refractivity contribution in [3.63, 3.8) is 0 Å². The van der Waals surface area contributed by atoms with Crippen molar-refractivity contribution >= 4 is 0 Å². The number of rotatable bonds is 12. The Morgan fingerprint density at radius 2 is 1.88 bits per heavy atom. The standard InChI is InChI=1S/C12H27NO4/c1-3-4-5-16-6-7-17-10-12(15)8-13-11(2)9-14/h11-15H,3-10H2,1-2H3. The number of ether oxygens (including phenoxy) is 2. The molecule has 0 aromatic heterocycles. The summed E-state index contributed by atoms with van der Waals surface area (Å²) in [6, 6.07) is 0.00188. The second-order valence-corrected chi connectivity index (χ2v) is 4.19. The minimum absolute atomic E-state index is 0.00188. The zero-order valence-electron chi connectivity index (χ0n) is 11.0. The van der Waals surface area contributed by atoms with Crippen LogP contribution in [0, 0.1) is 0 Å². The second kappa shape index (κ2) is 12.3.